The van der Waals surface area contributed by atoms with E-state index in [0.717, 1.165) is 0 Å². The molecule has 6 amide bonds. The van der Waals surface area contributed by atoms with Crippen molar-refractivity contribution in [3.8, 4) is 0 Å². The maximum atomic E-state index is 14.4. The quantitative estimate of drug-likeness (QED) is 0.470. The number of amides is 6. The molecule has 4 aliphatic rings. The zero-order valence-corrected chi connectivity index (χ0v) is 25.1. The first-order valence-corrected chi connectivity index (χ1v) is 13.2. The highest BCUT2D eigenvalue weighted by Crippen LogP contribution is 2.56. The maximum Gasteiger partial charge on any atom is 0.324 e. The van der Waals surface area contributed by atoms with Crippen LogP contribution in [0.25, 0.3) is 0 Å². The van der Waals surface area contributed by atoms with Crippen LogP contribution in [0.1, 0.15) is 104 Å². The fraction of sp³-hybridized carbons (Fsp3) is 0.889. The summed E-state index contributed by atoms with van der Waals surface area (Å²) >= 11 is 0. The molecule has 4 aliphatic heterocycles. The van der Waals surface area contributed by atoms with Crippen molar-refractivity contribution in [2.75, 3.05) is 0 Å². The first kappa shape index (κ1) is 26.9. The van der Waals surface area contributed by atoms with Crippen molar-refractivity contribution in [2.45, 2.75) is 156 Å². The third-order valence-electron chi connectivity index (χ3n) is 8.45. The van der Waals surface area contributed by atoms with Crippen molar-refractivity contribution in [3.05, 3.63) is 0 Å². The van der Waals surface area contributed by atoms with Gasteiger partial charge < -0.3 is 14.7 Å². The van der Waals surface area contributed by atoms with Crippen molar-refractivity contribution in [3.63, 3.8) is 0 Å². The molecule has 0 aromatic heterocycles. The molecule has 204 valence electrons. The lowest BCUT2D eigenvalue weighted by Crippen LogP contribution is -2.75. The van der Waals surface area contributed by atoms with Crippen molar-refractivity contribution in [2.24, 2.45) is 0 Å². The van der Waals surface area contributed by atoms with Crippen molar-refractivity contribution in [1.29, 1.82) is 0 Å². The van der Waals surface area contributed by atoms with E-state index in [0.29, 0.717) is 0 Å². The Balaban J connectivity index is 2.06. The third-order valence-corrected chi connectivity index (χ3v) is 8.45. The summed E-state index contributed by atoms with van der Waals surface area (Å²) < 4.78 is 0. The number of carbonyl (C=O) groups is 3. The molecular weight excluding hydrogens is 456 g/mol. The van der Waals surface area contributed by atoms with Gasteiger partial charge in [-0.2, -0.15) is 0 Å². The molecule has 0 bridgehead atoms. The second-order valence-corrected chi connectivity index (χ2v) is 15.7. The van der Waals surface area contributed by atoms with Crippen molar-refractivity contribution >= 4 is 18.1 Å². The Morgan fingerprint density at radius 3 is 0.750 bits per heavy atom. The Morgan fingerprint density at radius 2 is 0.611 bits per heavy atom. The normalized spacial score (nSPS) is 31.4. The van der Waals surface area contributed by atoms with E-state index in [2.05, 4.69) is 41.5 Å². The molecule has 4 saturated heterocycles. The highest BCUT2D eigenvalue weighted by molar-refractivity contribution is 5.89. The summed E-state index contributed by atoms with van der Waals surface area (Å²) in [4.78, 5) is 54.4. The second kappa shape index (κ2) is 6.81. The van der Waals surface area contributed by atoms with E-state index in [1.54, 1.807) is 0 Å². The number of hydrogen-bond acceptors (Lipinski definition) is 3. The van der Waals surface area contributed by atoms with Gasteiger partial charge in [0.2, 0.25) is 0 Å². The summed E-state index contributed by atoms with van der Waals surface area (Å²) in [5.74, 6) is 0. The summed E-state index contributed by atoms with van der Waals surface area (Å²) in [5, 5.41) is 0. The second-order valence-electron chi connectivity index (χ2n) is 15.7. The van der Waals surface area contributed by atoms with Crippen LogP contribution in [0.3, 0.4) is 0 Å². The van der Waals surface area contributed by atoms with Gasteiger partial charge in [0.05, 0.1) is 16.6 Å². The van der Waals surface area contributed by atoms with Crippen LogP contribution in [-0.2, 0) is 0 Å². The predicted octanol–water partition coefficient (Wildman–Crippen LogP) is 4.92. The van der Waals surface area contributed by atoms with Gasteiger partial charge in [-0.25, -0.2) is 14.4 Å². The van der Waals surface area contributed by atoms with Crippen LogP contribution in [0, 0.1) is 0 Å². The van der Waals surface area contributed by atoms with E-state index in [1.807, 2.05) is 91.7 Å². The molecule has 0 spiro atoms. The molecule has 4 rings (SSSR count). The molecule has 0 aliphatic carbocycles. The number of fused-ring (bicyclic) bond motifs is 6. The molecule has 0 atom stereocenters. The van der Waals surface area contributed by atoms with Crippen molar-refractivity contribution < 1.29 is 14.4 Å². The lowest BCUT2D eigenvalue weighted by Gasteiger charge is -2.55. The average molecular weight is 505 g/mol. The lowest BCUT2D eigenvalue weighted by atomic mass is 9.87. The third kappa shape index (κ3) is 3.03. The highest BCUT2D eigenvalue weighted by Gasteiger charge is 2.76. The summed E-state index contributed by atoms with van der Waals surface area (Å²) in [6.07, 6.45) is -1.58. The fourth-order valence-electron chi connectivity index (χ4n) is 8.36. The molecule has 0 unspecified atom stereocenters. The van der Waals surface area contributed by atoms with E-state index < -0.39 is 51.7 Å². The van der Waals surface area contributed by atoms with Gasteiger partial charge in [-0.15, -0.1) is 0 Å². The van der Waals surface area contributed by atoms with Crippen LogP contribution in [0.4, 0.5) is 14.4 Å². The maximum absolute atomic E-state index is 14.4. The molecule has 9 heteroatoms. The zero-order valence-electron chi connectivity index (χ0n) is 25.1. The smallest absolute Gasteiger partial charge is 0.311 e. The number of urea groups is 3. The van der Waals surface area contributed by atoms with E-state index in [4.69, 9.17) is 0 Å². The number of hydrogen-bond donors (Lipinski definition) is 0. The average Bonchev–Trinajstić information content (AvgIpc) is 3.04. The minimum Gasteiger partial charge on any atom is -0.311 e. The fourth-order valence-corrected chi connectivity index (χ4v) is 8.36. The molecule has 9 nitrogen and oxygen atoms in total. The van der Waals surface area contributed by atoms with E-state index in [-0.39, 0.29) is 18.1 Å². The van der Waals surface area contributed by atoms with Crippen LogP contribution >= 0.6 is 0 Å². The van der Waals surface area contributed by atoms with Gasteiger partial charge in [0.1, 0.15) is 18.5 Å². The SMILES string of the molecule is CC(C)(C)N1C(=O)N2C(N3C(=O)N(C(C)(C)C)C(C)(C)C3N3C(=O)N(C(C)(C)C)C(C)(C)C23)C1(C)C. The van der Waals surface area contributed by atoms with E-state index in [1.165, 1.54) is 0 Å². The molecule has 4 fully saturated rings. The molecule has 4 heterocycles. The largest absolute Gasteiger partial charge is 0.324 e. The molecule has 0 N–H and O–H groups in total. The Kier molecular flexibility index (Phi) is 5.08. The van der Waals surface area contributed by atoms with E-state index in [9.17, 15) is 14.4 Å². The van der Waals surface area contributed by atoms with Crippen LogP contribution in [-0.4, -0.2) is 99.2 Å². The Hall–Kier alpha value is -2.19. The minimum atomic E-state index is -0.687. The van der Waals surface area contributed by atoms with Gasteiger partial charge in [0, 0.05) is 16.6 Å². The summed E-state index contributed by atoms with van der Waals surface area (Å²) in [6, 6.07) is -0.410. The minimum absolute atomic E-state index is 0.137. The molecule has 0 radical (unpaired) electrons. The summed E-state index contributed by atoms with van der Waals surface area (Å²) in [5.41, 5.74) is -3.49. The first-order valence-electron chi connectivity index (χ1n) is 13.2. The predicted molar refractivity (Wildman–Crippen MR) is 140 cm³/mol. The topological polar surface area (TPSA) is 70.7 Å². The van der Waals surface area contributed by atoms with Gasteiger partial charge in [0.15, 0.2) is 0 Å². The van der Waals surface area contributed by atoms with E-state index >= 15 is 0 Å². The summed E-state index contributed by atoms with van der Waals surface area (Å²) in [7, 11) is 0. The molecule has 0 aromatic rings. The van der Waals surface area contributed by atoms with Crippen LogP contribution in [0.5, 0.6) is 0 Å². The Bertz CT molecular complexity index is 872. The molecule has 0 aromatic carbocycles. The van der Waals surface area contributed by atoms with Gasteiger partial charge in [-0.3, -0.25) is 14.7 Å². The number of carbonyl (C=O) groups excluding carboxylic acids is 3. The van der Waals surface area contributed by atoms with Gasteiger partial charge in [-0.05, 0) is 104 Å². The standard InChI is InChI=1S/C27H48N6O3/c1-22(2,3)31-19(34)28-16(25(31,10)11)29-18(27(14,15)32(20(29)35)23(4,5)6)30-17(28)26(12,13)33(21(30)36)24(7,8)9/h16-18H,1-15H3. The van der Waals surface area contributed by atoms with Gasteiger partial charge in [-0.1, -0.05) is 0 Å². The van der Waals surface area contributed by atoms with Crippen LogP contribution in [0.2, 0.25) is 0 Å². The Morgan fingerprint density at radius 1 is 0.444 bits per heavy atom. The Labute approximate surface area is 217 Å². The van der Waals surface area contributed by atoms with Crippen LogP contribution in [0.15, 0.2) is 0 Å². The van der Waals surface area contributed by atoms with Gasteiger partial charge >= 0.3 is 18.1 Å². The molecule has 36 heavy (non-hydrogen) atoms. The van der Waals surface area contributed by atoms with Crippen LogP contribution < -0.4 is 0 Å². The molecule has 0 saturated carbocycles. The van der Waals surface area contributed by atoms with Crippen molar-refractivity contribution in [1.82, 2.24) is 29.4 Å². The monoisotopic (exact) mass is 504 g/mol. The number of nitrogens with zero attached hydrogens (tertiary/aromatic N) is 6. The molecular formula is C27H48N6O3. The number of rotatable bonds is 0. The lowest BCUT2D eigenvalue weighted by molar-refractivity contribution is -0.125. The summed E-state index contributed by atoms with van der Waals surface area (Å²) in [6.45, 7) is 30.6. The first-order chi connectivity index (χ1) is 15.8. The zero-order chi connectivity index (χ0) is 27.9. The highest BCUT2D eigenvalue weighted by atomic mass is 16.2. The van der Waals surface area contributed by atoms with Gasteiger partial charge in [0.25, 0.3) is 0 Å².